The lowest BCUT2D eigenvalue weighted by atomic mass is 9.73. The van der Waals surface area contributed by atoms with E-state index in [1.54, 1.807) is 10.8 Å². The molecule has 152 valence electrons. The molecule has 0 bridgehead atoms. The van der Waals surface area contributed by atoms with E-state index >= 15 is 0 Å². The summed E-state index contributed by atoms with van der Waals surface area (Å²) in [5.41, 5.74) is 3.63. The summed E-state index contributed by atoms with van der Waals surface area (Å²) in [4.78, 5) is 30.8. The van der Waals surface area contributed by atoms with Gasteiger partial charge < -0.3 is 15.2 Å². The van der Waals surface area contributed by atoms with Crippen LogP contribution in [0, 0.1) is 0 Å². The van der Waals surface area contributed by atoms with E-state index in [4.69, 9.17) is 0 Å². The van der Waals surface area contributed by atoms with Gasteiger partial charge in [-0.05, 0) is 43.9 Å². The Kier molecular flexibility index (Phi) is 3.62. The molecule has 1 amide bonds. The third-order valence-corrected chi connectivity index (χ3v) is 6.45. The highest BCUT2D eigenvalue weighted by Crippen LogP contribution is 2.41. The second-order valence-corrected chi connectivity index (χ2v) is 8.53. The summed E-state index contributed by atoms with van der Waals surface area (Å²) >= 11 is 0. The van der Waals surface area contributed by atoms with E-state index in [1.807, 2.05) is 30.7 Å². The fraction of sp³-hybridized carbons (Fsp3) is 0.381. The van der Waals surface area contributed by atoms with Crippen molar-refractivity contribution in [3.05, 3.63) is 37.1 Å². The van der Waals surface area contributed by atoms with Crippen LogP contribution >= 0.6 is 0 Å². The van der Waals surface area contributed by atoms with Crippen molar-refractivity contribution in [1.82, 2.24) is 34.4 Å². The van der Waals surface area contributed by atoms with Crippen molar-refractivity contribution in [2.75, 3.05) is 11.9 Å². The van der Waals surface area contributed by atoms with Gasteiger partial charge in [-0.15, -0.1) is 0 Å². The molecular formula is C21H22N8O. The summed E-state index contributed by atoms with van der Waals surface area (Å²) in [5.74, 6) is 0.903. The Balaban J connectivity index is 1.20. The first-order valence-electron chi connectivity index (χ1n) is 10.3. The molecule has 30 heavy (non-hydrogen) atoms. The standard InChI is InChI=1S/C21H22N8O/c1-21(28-5-2-3-18(28)30)8-14(9-21)26-20-23-11-16-15(10-22-19(16)27-20)13-4-6-29-17(7-13)24-12-25-29/h4,6-7,10-12,14H,2-3,5,8-9H2,1H3,(H2,22,23,26,27). The average Bonchev–Trinajstić information content (AvgIpc) is 3.44. The van der Waals surface area contributed by atoms with Gasteiger partial charge in [0.15, 0.2) is 5.65 Å². The summed E-state index contributed by atoms with van der Waals surface area (Å²) < 4.78 is 1.74. The number of H-pyrrole nitrogens is 1. The number of carbonyl (C=O) groups excluding carboxylic acids is 1. The highest BCUT2D eigenvalue weighted by molar-refractivity contribution is 5.93. The van der Waals surface area contributed by atoms with Gasteiger partial charge in [-0.25, -0.2) is 14.5 Å². The minimum atomic E-state index is -0.0324. The number of anilines is 1. The van der Waals surface area contributed by atoms with Crippen LogP contribution in [0.1, 0.15) is 32.6 Å². The van der Waals surface area contributed by atoms with Gasteiger partial charge in [-0.3, -0.25) is 4.79 Å². The van der Waals surface area contributed by atoms with E-state index in [9.17, 15) is 4.79 Å². The Morgan fingerprint density at radius 1 is 1.30 bits per heavy atom. The van der Waals surface area contributed by atoms with Crippen LogP contribution in [0.2, 0.25) is 0 Å². The Morgan fingerprint density at radius 3 is 3.03 bits per heavy atom. The maximum Gasteiger partial charge on any atom is 0.224 e. The molecule has 0 unspecified atom stereocenters. The minimum absolute atomic E-state index is 0.0324. The Hall–Kier alpha value is -3.49. The number of aromatic nitrogens is 6. The van der Waals surface area contributed by atoms with Gasteiger partial charge in [0.1, 0.15) is 12.0 Å². The smallest absolute Gasteiger partial charge is 0.224 e. The van der Waals surface area contributed by atoms with Gasteiger partial charge in [0.05, 0.1) is 0 Å². The monoisotopic (exact) mass is 402 g/mol. The van der Waals surface area contributed by atoms with Crippen LogP contribution in [0.4, 0.5) is 5.95 Å². The Labute approximate surface area is 172 Å². The molecule has 1 saturated carbocycles. The van der Waals surface area contributed by atoms with Crippen molar-refractivity contribution in [2.24, 2.45) is 0 Å². The quantitative estimate of drug-likeness (QED) is 0.544. The van der Waals surface area contributed by atoms with Crippen molar-refractivity contribution in [1.29, 1.82) is 0 Å². The Bertz CT molecular complexity index is 1270. The molecule has 0 atom stereocenters. The number of pyridine rings is 1. The number of fused-ring (bicyclic) bond motifs is 2. The zero-order chi connectivity index (χ0) is 20.3. The van der Waals surface area contributed by atoms with E-state index in [1.165, 1.54) is 0 Å². The third kappa shape index (κ3) is 2.65. The molecule has 4 aromatic heterocycles. The fourth-order valence-corrected chi connectivity index (χ4v) is 4.92. The topological polar surface area (TPSA) is 104 Å². The van der Waals surface area contributed by atoms with Crippen molar-refractivity contribution in [3.8, 4) is 11.1 Å². The molecule has 1 saturated heterocycles. The van der Waals surface area contributed by atoms with Crippen LogP contribution in [0.15, 0.2) is 37.1 Å². The molecule has 2 aliphatic rings. The number of aromatic amines is 1. The SMILES string of the molecule is CC1(N2CCCC2=O)CC(Nc2ncc3c(-c4ccn5ncnc5c4)c[nH]c3n2)C1. The number of likely N-dealkylation sites (tertiary alicyclic amines) is 1. The highest BCUT2D eigenvalue weighted by atomic mass is 16.2. The highest BCUT2D eigenvalue weighted by Gasteiger charge is 2.48. The molecule has 9 nitrogen and oxygen atoms in total. The second kappa shape index (κ2) is 6.25. The molecular weight excluding hydrogens is 380 g/mol. The fourth-order valence-electron chi connectivity index (χ4n) is 4.92. The average molecular weight is 402 g/mol. The lowest BCUT2D eigenvalue weighted by molar-refractivity contribution is -0.136. The Morgan fingerprint density at radius 2 is 2.20 bits per heavy atom. The van der Waals surface area contributed by atoms with Crippen molar-refractivity contribution in [3.63, 3.8) is 0 Å². The predicted molar refractivity (Wildman–Crippen MR) is 112 cm³/mol. The third-order valence-electron chi connectivity index (χ3n) is 6.45. The molecule has 0 aromatic carbocycles. The zero-order valence-corrected chi connectivity index (χ0v) is 16.7. The number of amides is 1. The van der Waals surface area contributed by atoms with Crippen LogP contribution in [-0.2, 0) is 4.79 Å². The number of nitrogens with zero attached hydrogens (tertiary/aromatic N) is 6. The summed E-state index contributed by atoms with van der Waals surface area (Å²) in [7, 11) is 0. The molecule has 5 heterocycles. The molecule has 9 heteroatoms. The number of carbonyl (C=O) groups is 1. The van der Waals surface area contributed by atoms with Gasteiger partial charge in [0.25, 0.3) is 0 Å². The van der Waals surface area contributed by atoms with Gasteiger partial charge in [0.2, 0.25) is 11.9 Å². The van der Waals surface area contributed by atoms with E-state index in [0.717, 1.165) is 53.6 Å². The van der Waals surface area contributed by atoms with E-state index < -0.39 is 0 Å². The molecule has 1 aliphatic carbocycles. The summed E-state index contributed by atoms with van der Waals surface area (Å²) in [5, 5.41) is 8.53. The van der Waals surface area contributed by atoms with Crippen molar-refractivity contribution >= 4 is 28.5 Å². The molecule has 2 N–H and O–H groups in total. The van der Waals surface area contributed by atoms with Crippen LogP contribution < -0.4 is 5.32 Å². The number of rotatable bonds is 4. The van der Waals surface area contributed by atoms with Crippen LogP contribution in [-0.4, -0.2) is 58.5 Å². The molecule has 0 radical (unpaired) electrons. The summed E-state index contributed by atoms with van der Waals surface area (Å²) in [6.45, 7) is 3.07. The maximum atomic E-state index is 12.1. The van der Waals surface area contributed by atoms with Crippen LogP contribution in [0.3, 0.4) is 0 Å². The van der Waals surface area contributed by atoms with Crippen LogP contribution in [0.25, 0.3) is 27.8 Å². The lowest BCUT2D eigenvalue weighted by Gasteiger charge is -2.51. The van der Waals surface area contributed by atoms with Gasteiger partial charge in [-0.2, -0.15) is 10.1 Å². The van der Waals surface area contributed by atoms with E-state index in [-0.39, 0.29) is 17.5 Å². The first-order chi connectivity index (χ1) is 14.6. The largest absolute Gasteiger partial charge is 0.351 e. The number of nitrogens with one attached hydrogen (secondary N) is 2. The predicted octanol–water partition coefficient (Wildman–Crippen LogP) is 2.62. The summed E-state index contributed by atoms with van der Waals surface area (Å²) in [6.07, 6.45) is 10.8. The zero-order valence-electron chi connectivity index (χ0n) is 16.7. The van der Waals surface area contributed by atoms with Crippen molar-refractivity contribution < 1.29 is 4.79 Å². The van der Waals surface area contributed by atoms with Crippen LogP contribution in [0.5, 0.6) is 0 Å². The summed E-state index contributed by atoms with van der Waals surface area (Å²) in [6, 6.07) is 4.28. The molecule has 1 aliphatic heterocycles. The first-order valence-corrected chi connectivity index (χ1v) is 10.3. The molecule has 4 aromatic rings. The normalized spacial score (nSPS) is 24.0. The van der Waals surface area contributed by atoms with E-state index in [0.29, 0.717) is 12.4 Å². The van der Waals surface area contributed by atoms with Gasteiger partial charge in [0, 0.05) is 54.1 Å². The van der Waals surface area contributed by atoms with Gasteiger partial charge in [-0.1, -0.05) is 0 Å². The molecule has 2 fully saturated rings. The number of hydrogen-bond acceptors (Lipinski definition) is 6. The minimum Gasteiger partial charge on any atom is -0.351 e. The first kappa shape index (κ1) is 17.4. The lowest BCUT2D eigenvalue weighted by Crippen LogP contribution is -2.59. The second-order valence-electron chi connectivity index (χ2n) is 8.53. The maximum absolute atomic E-state index is 12.1. The van der Waals surface area contributed by atoms with E-state index in [2.05, 4.69) is 42.2 Å². The number of hydrogen-bond donors (Lipinski definition) is 2. The molecule has 6 rings (SSSR count). The van der Waals surface area contributed by atoms with Crippen molar-refractivity contribution in [2.45, 2.75) is 44.2 Å². The molecule has 0 spiro atoms. The van der Waals surface area contributed by atoms with Gasteiger partial charge >= 0.3 is 0 Å².